The van der Waals surface area contributed by atoms with E-state index in [4.69, 9.17) is 21.6 Å². The average molecular weight is 339 g/mol. The van der Waals surface area contributed by atoms with Gasteiger partial charge in [0.1, 0.15) is 24.2 Å². The molecule has 0 aliphatic heterocycles. The third kappa shape index (κ3) is 4.14. The number of carbonyl (C=O) groups is 1. The minimum Gasteiger partial charge on any atom is -0.490 e. The molecule has 0 spiro atoms. The van der Waals surface area contributed by atoms with E-state index in [1.807, 2.05) is 19.9 Å². The molecule has 0 radical (unpaired) electrons. The molecule has 0 unspecified atom stereocenters. The Bertz CT molecular complexity index is 646. The third-order valence-electron chi connectivity index (χ3n) is 4.00. The molecule has 0 aromatic heterocycles. The van der Waals surface area contributed by atoms with Crippen molar-refractivity contribution in [1.82, 2.24) is 5.32 Å². The van der Waals surface area contributed by atoms with Crippen molar-refractivity contribution in [1.29, 1.82) is 5.26 Å². The van der Waals surface area contributed by atoms with Crippen LogP contribution in [0.1, 0.15) is 39.2 Å². The van der Waals surface area contributed by atoms with E-state index in [0.717, 1.165) is 0 Å². The molecule has 1 aliphatic carbocycles. The average Bonchev–Trinajstić information content (AvgIpc) is 2.43. The second kappa shape index (κ2) is 6.37. The molecular weight excluding hydrogens is 319 g/mol. The Kier molecular flexibility index (Phi) is 4.86. The van der Waals surface area contributed by atoms with Crippen LogP contribution in [0, 0.1) is 22.6 Å². The van der Waals surface area contributed by atoms with Crippen molar-refractivity contribution in [2.75, 3.05) is 6.61 Å². The van der Waals surface area contributed by atoms with E-state index in [0.29, 0.717) is 12.8 Å². The summed E-state index contributed by atoms with van der Waals surface area (Å²) in [5.74, 6) is -0.359. The zero-order valence-electron chi connectivity index (χ0n) is 13.5. The van der Waals surface area contributed by atoms with Crippen LogP contribution >= 0.6 is 11.6 Å². The number of nitriles is 1. The first-order valence-electron chi connectivity index (χ1n) is 7.48. The maximum Gasteiger partial charge on any atom is 0.226 e. The monoisotopic (exact) mass is 338 g/mol. The predicted molar refractivity (Wildman–Crippen MR) is 85.8 cm³/mol. The van der Waals surface area contributed by atoms with Crippen LogP contribution in [0.4, 0.5) is 4.39 Å². The zero-order chi connectivity index (χ0) is 17.3. The number of rotatable bonds is 5. The topological polar surface area (TPSA) is 62.1 Å². The summed E-state index contributed by atoms with van der Waals surface area (Å²) in [5, 5.41) is 11.9. The Labute approximate surface area is 140 Å². The van der Waals surface area contributed by atoms with Crippen molar-refractivity contribution in [2.24, 2.45) is 5.41 Å². The van der Waals surface area contributed by atoms with E-state index in [2.05, 4.69) is 5.32 Å². The lowest BCUT2D eigenvalue weighted by Crippen LogP contribution is -2.55. The van der Waals surface area contributed by atoms with Gasteiger partial charge in [-0.15, -0.1) is 11.6 Å². The number of hydrogen-bond acceptors (Lipinski definition) is 3. The van der Waals surface area contributed by atoms with E-state index < -0.39 is 11.2 Å². The van der Waals surface area contributed by atoms with E-state index >= 15 is 0 Å². The first-order valence-corrected chi connectivity index (χ1v) is 7.85. The summed E-state index contributed by atoms with van der Waals surface area (Å²) in [6, 6.07) is 5.42. The van der Waals surface area contributed by atoms with Gasteiger partial charge in [0.15, 0.2) is 0 Å². The van der Waals surface area contributed by atoms with E-state index in [1.54, 1.807) is 6.92 Å². The van der Waals surface area contributed by atoms with Crippen molar-refractivity contribution in [3.63, 3.8) is 0 Å². The number of hydrogen-bond donors (Lipinski definition) is 1. The summed E-state index contributed by atoms with van der Waals surface area (Å²) < 4.78 is 18.7. The molecule has 1 aromatic carbocycles. The minimum atomic E-state index is -0.473. The fraction of sp³-hybridized carbons (Fsp3) is 0.529. The lowest BCUT2D eigenvalue weighted by Gasteiger charge is -2.48. The molecule has 1 atom stereocenters. The maximum atomic E-state index is 13.2. The molecule has 1 aromatic rings. The van der Waals surface area contributed by atoms with E-state index in [1.165, 1.54) is 18.2 Å². The first-order chi connectivity index (χ1) is 10.6. The number of benzene rings is 1. The number of carbonyl (C=O) groups excluding carboxylic acids is 1. The van der Waals surface area contributed by atoms with Gasteiger partial charge >= 0.3 is 0 Å². The normalized spacial score (nSPS) is 27.5. The van der Waals surface area contributed by atoms with Gasteiger partial charge in [0, 0.05) is 16.4 Å². The van der Waals surface area contributed by atoms with Gasteiger partial charge in [-0.1, -0.05) is 6.92 Å². The van der Waals surface area contributed by atoms with Crippen LogP contribution in [0.5, 0.6) is 5.75 Å². The number of nitrogens with one attached hydrogen (secondary N) is 1. The first kappa shape index (κ1) is 17.6. The molecule has 0 heterocycles. The Morgan fingerprint density at radius 2 is 2.17 bits per heavy atom. The van der Waals surface area contributed by atoms with Crippen LogP contribution in [0.2, 0.25) is 0 Å². The lowest BCUT2D eigenvalue weighted by atomic mass is 9.62. The number of alkyl halides is 1. The fourth-order valence-corrected chi connectivity index (χ4v) is 3.69. The summed E-state index contributed by atoms with van der Waals surface area (Å²) in [6.07, 6.45) is 1.26. The molecule has 0 bridgehead atoms. The number of nitrogens with zero attached hydrogens (tertiary/aromatic N) is 1. The molecule has 0 saturated heterocycles. The highest BCUT2D eigenvalue weighted by molar-refractivity contribution is 6.25. The largest absolute Gasteiger partial charge is 0.490 e. The predicted octanol–water partition coefficient (Wildman–Crippen LogP) is 3.38. The van der Waals surface area contributed by atoms with Gasteiger partial charge in [0.2, 0.25) is 5.91 Å². The second-order valence-corrected chi connectivity index (χ2v) is 7.68. The summed E-state index contributed by atoms with van der Waals surface area (Å²) in [4.78, 5) is 12.0. The van der Waals surface area contributed by atoms with Gasteiger partial charge in [-0.2, -0.15) is 5.26 Å². The minimum absolute atomic E-state index is 0.0635. The van der Waals surface area contributed by atoms with Crippen LogP contribution in [-0.4, -0.2) is 23.4 Å². The van der Waals surface area contributed by atoms with Crippen molar-refractivity contribution in [3.05, 3.63) is 29.6 Å². The smallest absolute Gasteiger partial charge is 0.226 e. The van der Waals surface area contributed by atoms with Crippen molar-refractivity contribution in [3.8, 4) is 11.8 Å². The molecule has 1 N–H and O–H groups in total. The summed E-state index contributed by atoms with van der Waals surface area (Å²) in [6.45, 7) is 5.76. The molecule has 1 fully saturated rings. The standard InChI is InChI=1S/C17H20ClFN2O2/c1-11(21-15(22)16(2)9-17(3,18)10-16)8-23-14-6-13(19)5-4-12(14)7-20/h4-6,11H,8-10H2,1-3H3,(H,21,22)/t11-,16?,17?/m1/s1. The molecule has 1 aliphatic rings. The van der Waals surface area contributed by atoms with Crippen molar-refractivity contribution < 1.29 is 13.9 Å². The van der Waals surface area contributed by atoms with Crippen LogP contribution < -0.4 is 10.1 Å². The van der Waals surface area contributed by atoms with Gasteiger partial charge < -0.3 is 10.1 Å². The zero-order valence-corrected chi connectivity index (χ0v) is 14.2. The summed E-state index contributed by atoms with van der Waals surface area (Å²) in [7, 11) is 0. The van der Waals surface area contributed by atoms with Gasteiger partial charge in [0.05, 0.1) is 11.6 Å². The van der Waals surface area contributed by atoms with Gasteiger partial charge in [-0.3, -0.25) is 4.79 Å². The number of ether oxygens (including phenoxy) is 1. The van der Waals surface area contributed by atoms with Crippen LogP contribution in [0.25, 0.3) is 0 Å². The summed E-state index contributed by atoms with van der Waals surface area (Å²) in [5.41, 5.74) is -0.199. The molecular formula is C17H20ClFN2O2. The Morgan fingerprint density at radius 3 is 2.74 bits per heavy atom. The molecule has 1 amide bonds. The molecule has 1 saturated carbocycles. The highest BCUT2D eigenvalue weighted by Crippen LogP contribution is 2.52. The SMILES string of the molecule is C[C@H](COc1cc(F)ccc1C#N)NC(=O)C1(C)CC(C)(Cl)C1. The van der Waals surface area contributed by atoms with Gasteiger partial charge in [-0.05, 0) is 38.8 Å². The van der Waals surface area contributed by atoms with E-state index in [9.17, 15) is 9.18 Å². The van der Waals surface area contributed by atoms with Gasteiger partial charge in [-0.25, -0.2) is 4.39 Å². The van der Waals surface area contributed by atoms with E-state index in [-0.39, 0.29) is 34.7 Å². The van der Waals surface area contributed by atoms with Gasteiger partial charge in [0.25, 0.3) is 0 Å². The number of halogens is 2. The third-order valence-corrected chi connectivity index (χ3v) is 4.26. The maximum absolute atomic E-state index is 13.2. The Balaban J connectivity index is 1.89. The molecule has 23 heavy (non-hydrogen) atoms. The molecule has 124 valence electrons. The second-order valence-electron chi connectivity index (χ2n) is 6.77. The highest BCUT2D eigenvalue weighted by Gasteiger charge is 2.52. The summed E-state index contributed by atoms with van der Waals surface area (Å²) >= 11 is 6.19. The van der Waals surface area contributed by atoms with Crippen LogP contribution in [0.15, 0.2) is 18.2 Å². The van der Waals surface area contributed by atoms with Crippen LogP contribution in [0.3, 0.4) is 0 Å². The van der Waals surface area contributed by atoms with Crippen LogP contribution in [-0.2, 0) is 4.79 Å². The van der Waals surface area contributed by atoms with Crippen molar-refractivity contribution >= 4 is 17.5 Å². The molecule has 6 heteroatoms. The number of amides is 1. The van der Waals surface area contributed by atoms with Crippen molar-refractivity contribution in [2.45, 2.75) is 44.5 Å². The lowest BCUT2D eigenvalue weighted by molar-refractivity contribution is -0.137. The molecule has 4 nitrogen and oxygen atoms in total. The Morgan fingerprint density at radius 1 is 1.52 bits per heavy atom. The Hall–Kier alpha value is -1.80. The molecule has 2 rings (SSSR count). The quantitative estimate of drug-likeness (QED) is 0.837. The fourth-order valence-electron chi connectivity index (χ4n) is 3.10. The highest BCUT2D eigenvalue weighted by atomic mass is 35.5.